The number of aromatic amines is 1. The molecule has 3 aromatic rings. The highest BCUT2D eigenvalue weighted by atomic mass is 16.6. The number of aromatic nitrogens is 3. The third kappa shape index (κ3) is 8.41. The molecule has 2 saturated heterocycles. The smallest absolute Gasteiger partial charge is 0.408 e. The number of carbonyl (C=O) groups is 4. The van der Waals surface area contributed by atoms with Crippen molar-refractivity contribution >= 4 is 34.8 Å². The second kappa shape index (κ2) is 14.3. The van der Waals surface area contributed by atoms with Crippen LogP contribution in [-0.4, -0.2) is 86.3 Å². The van der Waals surface area contributed by atoms with E-state index in [9.17, 15) is 19.2 Å². The Labute approximate surface area is 269 Å². The predicted octanol–water partition coefficient (Wildman–Crippen LogP) is 3.89. The highest BCUT2D eigenvalue weighted by Gasteiger charge is 2.42. The van der Waals surface area contributed by atoms with Crippen LogP contribution in [0.25, 0.3) is 11.0 Å². The van der Waals surface area contributed by atoms with Gasteiger partial charge in [0.2, 0.25) is 17.7 Å². The van der Waals surface area contributed by atoms with Gasteiger partial charge in [-0.05, 0) is 89.0 Å². The van der Waals surface area contributed by atoms with Gasteiger partial charge in [-0.2, -0.15) is 0 Å². The first-order valence-corrected chi connectivity index (χ1v) is 16.2. The van der Waals surface area contributed by atoms with Crippen molar-refractivity contribution in [1.82, 2.24) is 35.8 Å². The predicted molar refractivity (Wildman–Crippen MR) is 172 cm³/mol. The molecule has 2 aliphatic rings. The van der Waals surface area contributed by atoms with Gasteiger partial charge in [-0.15, -0.1) is 5.10 Å². The molecule has 46 heavy (non-hydrogen) atoms. The zero-order valence-corrected chi connectivity index (χ0v) is 27.1. The summed E-state index contributed by atoms with van der Waals surface area (Å²) >= 11 is 0. The Hall–Kier alpha value is -4.48. The van der Waals surface area contributed by atoms with E-state index in [-0.39, 0.29) is 36.6 Å². The SMILES string of the molecule is CC(NC(=O)[C@@H]1C[C@H](Cc2ccccc2)CN1C(=O)[C@@H](CCC(=O)N1CCCC1)NC(=O)OC(C)(C)C)c1ccc2[nH]nnc2c1. The topological polar surface area (TPSA) is 150 Å². The van der Waals surface area contributed by atoms with Crippen LogP contribution in [-0.2, 0) is 25.5 Å². The molecule has 1 unspecified atom stereocenters. The van der Waals surface area contributed by atoms with Crippen LogP contribution in [0.5, 0.6) is 0 Å². The van der Waals surface area contributed by atoms with Crippen LogP contribution in [0.2, 0.25) is 0 Å². The van der Waals surface area contributed by atoms with Crippen molar-refractivity contribution in [2.45, 2.75) is 89.9 Å². The molecule has 5 rings (SSSR count). The van der Waals surface area contributed by atoms with Crippen LogP contribution >= 0.6 is 0 Å². The lowest BCUT2D eigenvalue weighted by Gasteiger charge is -2.30. The lowest BCUT2D eigenvalue weighted by molar-refractivity contribution is -0.140. The van der Waals surface area contributed by atoms with Crippen molar-refractivity contribution in [2.75, 3.05) is 19.6 Å². The van der Waals surface area contributed by atoms with Gasteiger partial charge in [0.15, 0.2) is 0 Å². The molecule has 0 radical (unpaired) electrons. The number of ether oxygens (including phenoxy) is 1. The zero-order chi connectivity index (χ0) is 32.8. The summed E-state index contributed by atoms with van der Waals surface area (Å²) in [6, 6.07) is 13.5. The van der Waals surface area contributed by atoms with Crippen LogP contribution in [0.15, 0.2) is 48.5 Å². The van der Waals surface area contributed by atoms with Gasteiger partial charge in [0.1, 0.15) is 23.2 Å². The van der Waals surface area contributed by atoms with Gasteiger partial charge in [0, 0.05) is 26.1 Å². The zero-order valence-electron chi connectivity index (χ0n) is 27.1. The standard InChI is InChI=1S/C34H45N7O5/c1-22(25-12-13-26-28(20-25)38-39-37-26)35-31(43)29-19-24(18-23-10-6-5-7-11-23)21-41(29)32(44)27(36-33(45)46-34(2,3)4)14-15-30(42)40-16-8-9-17-40/h5-7,10-13,20,22,24,27,29H,8-9,14-19,21H2,1-4H3,(H,35,43)(H,36,45)(H,37,38,39)/t22?,24-,27+,29-/m0/s1. The number of benzene rings is 2. The summed E-state index contributed by atoms with van der Waals surface area (Å²) in [6.07, 6.45) is 2.56. The van der Waals surface area contributed by atoms with E-state index in [1.807, 2.05) is 55.5 Å². The van der Waals surface area contributed by atoms with E-state index >= 15 is 0 Å². The van der Waals surface area contributed by atoms with E-state index in [2.05, 4.69) is 26.0 Å². The molecule has 2 aromatic carbocycles. The quantitative estimate of drug-likeness (QED) is 0.307. The lowest BCUT2D eigenvalue weighted by Crippen LogP contribution is -2.54. The summed E-state index contributed by atoms with van der Waals surface area (Å²) in [5, 5.41) is 16.6. The molecule has 0 bridgehead atoms. The maximum absolute atomic E-state index is 14.3. The van der Waals surface area contributed by atoms with Gasteiger partial charge in [0.05, 0.1) is 11.6 Å². The van der Waals surface area contributed by atoms with Crippen LogP contribution in [0, 0.1) is 5.92 Å². The van der Waals surface area contributed by atoms with Crippen molar-refractivity contribution in [3.63, 3.8) is 0 Å². The second-order valence-electron chi connectivity index (χ2n) is 13.4. The van der Waals surface area contributed by atoms with E-state index in [0.29, 0.717) is 38.0 Å². The summed E-state index contributed by atoms with van der Waals surface area (Å²) in [7, 11) is 0. The number of carbonyl (C=O) groups excluding carboxylic acids is 4. The summed E-state index contributed by atoms with van der Waals surface area (Å²) in [6.45, 7) is 8.88. The maximum atomic E-state index is 14.3. The van der Waals surface area contributed by atoms with Crippen molar-refractivity contribution in [2.24, 2.45) is 5.92 Å². The summed E-state index contributed by atoms with van der Waals surface area (Å²) in [5.74, 6) is -0.692. The van der Waals surface area contributed by atoms with Gasteiger partial charge in [-0.3, -0.25) is 19.5 Å². The Morgan fingerprint density at radius 1 is 1.04 bits per heavy atom. The molecule has 246 valence electrons. The van der Waals surface area contributed by atoms with Gasteiger partial charge < -0.3 is 25.2 Å². The fraction of sp³-hybridized carbons (Fsp3) is 0.529. The highest BCUT2D eigenvalue weighted by Crippen LogP contribution is 2.29. The molecule has 4 amide bonds. The van der Waals surface area contributed by atoms with E-state index < -0.39 is 29.7 Å². The average molecular weight is 632 g/mol. The third-order valence-electron chi connectivity index (χ3n) is 8.64. The van der Waals surface area contributed by atoms with E-state index in [1.54, 1.807) is 30.6 Å². The number of nitrogens with zero attached hydrogens (tertiary/aromatic N) is 4. The van der Waals surface area contributed by atoms with E-state index in [1.165, 1.54) is 0 Å². The molecule has 12 heteroatoms. The van der Waals surface area contributed by atoms with Crippen LogP contribution in [0.3, 0.4) is 0 Å². The minimum atomic E-state index is -1.03. The maximum Gasteiger partial charge on any atom is 0.408 e. The Balaban J connectivity index is 1.35. The van der Waals surface area contributed by atoms with Crippen molar-refractivity contribution in [3.05, 3.63) is 59.7 Å². The fourth-order valence-electron chi connectivity index (χ4n) is 6.33. The first-order chi connectivity index (χ1) is 22.0. The molecular formula is C34H45N7O5. The van der Waals surface area contributed by atoms with Crippen molar-refractivity contribution < 1.29 is 23.9 Å². The molecule has 3 heterocycles. The van der Waals surface area contributed by atoms with Crippen LogP contribution in [0.1, 0.15) is 77.0 Å². The minimum Gasteiger partial charge on any atom is -0.444 e. The average Bonchev–Trinajstić information content (AvgIpc) is 3.79. The summed E-state index contributed by atoms with van der Waals surface area (Å²) < 4.78 is 5.48. The van der Waals surface area contributed by atoms with Crippen molar-refractivity contribution in [3.8, 4) is 0 Å². The number of hydrogen-bond donors (Lipinski definition) is 3. The van der Waals surface area contributed by atoms with Gasteiger partial charge in [0.25, 0.3) is 0 Å². The molecular weight excluding hydrogens is 586 g/mol. The van der Waals surface area contributed by atoms with E-state index in [4.69, 9.17) is 4.74 Å². The molecule has 0 aliphatic carbocycles. The number of rotatable bonds is 10. The highest BCUT2D eigenvalue weighted by molar-refractivity contribution is 5.92. The van der Waals surface area contributed by atoms with Crippen LogP contribution in [0.4, 0.5) is 4.79 Å². The molecule has 2 aliphatic heterocycles. The number of alkyl carbamates (subject to hydrolysis) is 1. The number of fused-ring (bicyclic) bond motifs is 1. The number of nitrogens with one attached hydrogen (secondary N) is 3. The molecule has 0 saturated carbocycles. The molecule has 2 fully saturated rings. The number of amides is 4. The number of H-pyrrole nitrogens is 1. The fourth-order valence-corrected chi connectivity index (χ4v) is 6.33. The first kappa shape index (κ1) is 32.9. The Morgan fingerprint density at radius 3 is 2.50 bits per heavy atom. The number of hydrogen-bond acceptors (Lipinski definition) is 7. The second-order valence-corrected chi connectivity index (χ2v) is 13.4. The number of likely N-dealkylation sites (tertiary alicyclic amines) is 2. The van der Waals surface area contributed by atoms with Gasteiger partial charge >= 0.3 is 6.09 Å². The largest absolute Gasteiger partial charge is 0.444 e. The molecule has 4 atom stereocenters. The van der Waals surface area contributed by atoms with Crippen molar-refractivity contribution in [1.29, 1.82) is 0 Å². The third-order valence-corrected chi connectivity index (χ3v) is 8.64. The molecule has 1 aromatic heterocycles. The normalized spacial score (nSPS) is 19.6. The molecule has 3 N–H and O–H groups in total. The summed E-state index contributed by atoms with van der Waals surface area (Å²) in [4.78, 5) is 57.4. The molecule has 0 spiro atoms. The van der Waals surface area contributed by atoms with Gasteiger partial charge in [-0.1, -0.05) is 41.6 Å². The Kier molecular flexibility index (Phi) is 10.2. The summed E-state index contributed by atoms with van der Waals surface area (Å²) in [5.41, 5.74) is 2.70. The van der Waals surface area contributed by atoms with E-state index in [0.717, 1.165) is 29.5 Å². The Bertz CT molecular complexity index is 1530. The minimum absolute atomic E-state index is 0.0253. The monoisotopic (exact) mass is 631 g/mol. The molecule has 12 nitrogen and oxygen atoms in total. The van der Waals surface area contributed by atoms with Crippen LogP contribution < -0.4 is 10.6 Å². The Morgan fingerprint density at radius 2 is 1.78 bits per heavy atom. The first-order valence-electron chi connectivity index (χ1n) is 16.2. The lowest BCUT2D eigenvalue weighted by atomic mass is 9.96. The van der Waals surface area contributed by atoms with Gasteiger partial charge in [-0.25, -0.2) is 4.79 Å².